The van der Waals surface area contributed by atoms with Gasteiger partial charge >= 0.3 is 5.97 Å². The summed E-state index contributed by atoms with van der Waals surface area (Å²) in [5.74, 6) is 0.392. The predicted octanol–water partition coefficient (Wildman–Crippen LogP) is 5.31. The summed E-state index contributed by atoms with van der Waals surface area (Å²) in [4.78, 5) is 24.3. The molecule has 3 rings (SSSR count). The van der Waals surface area contributed by atoms with Gasteiger partial charge in [0.2, 0.25) is 0 Å². The number of hydrogen-bond acceptors (Lipinski definition) is 5. The third kappa shape index (κ3) is 6.31. The van der Waals surface area contributed by atoms with E-state index in [1.807, 2.05) is 54.6 Å². The van der Waals surface area contributed by atoms with Crippen molar-refractivity contribution in [1.29, 1.82) is 0 Å². The van der Waals surface area contributed by atoms with Crippen LogP contribution in [0.25, 0.3) is 6.08 Å². The van der Waals surface area contributed by atoms with E-state index in [0.29, 0.717) is 5.56 Å². The van der Waals surface area contributed by atoms with E-state index < -0.39 is 0 Å². The summed E-state index contributed by atoms with van der Waals surface area (Å²) in [7, 11) is 2.97. The number of nitrogens with one attached hydrogen (secondary N) is 1. The van der Waals surface area contributed by atoms with Crippen LogP contribution in [0.1, 0.15) is 33.9 Å². The summed E-state index contributed by atoms with van der Waals surface area (Å²) in [5, 5.41) is 3.40. The molecular weight excluding hydrogens is 390 g/mol. The molecule has 1 N–H and O–H groups in total. The van der Waals surface area contributed by atoms with Crippen molar-refractivity contribution < 1.29 is 19.1 Å². The zero-order valence-electron chi connectivity index (χ0n) is 17.6. The first kappa shape index (κ1) is 21.8. The lowest BCUT2D eigenvalue weighted by atomic mass is 10.00. The number of ketones is 1. The first-order valence-corrected chi connectivity index (χ1v) is 9.94. The van der Waals surface area contributed by atoms with Gasteiger partial charge in [0, 0.05) is 12.1 Å². The lowest BCUT2D eigenvalue weighted by molar-refractivity contribution is -0.114. The minimum absolute atomic E-state index is 0.00310. The highest BCUT2D eigenvalue weighted by Crippen LogP contribution is 2.24. The van der Waals surface area contributed by atoms with Crippen LogP contribution in [0.5, 0.6) is 5.75 Å². The molecule has 0 aliphatic heterocycles. The molecule has 0 bridgehead atoms. The Kier molecular flexibility index (Phi) is 7.60. The fraction of sp³-hybridized carbons (Fsp3) is 0.154. The quantitative estimate of drug-likeness (QED) is 0.379. The maximum absolute atomic E-state index is 12.7. The fourth-order valence-electron chi connectivity index (χ4n) is 3.13. The van der Waals surface area contributed by atoms with E-state index in [1.54, 1.807) is 43.5 Å². The molecule has 0 heterocycles. The molecule has 1 unspecified atom stereocenters. The second-order valence-corrected chi connectivity index (χ2v) is 6.95. The standard InChI is InChI=1S/C26H25NO4/c1-30-24-16-9-19(10-17-24)8-15-23(28)18-25(20-6-4-3-5-7-20)27-22-13-11-21(12-14-22)26(29)31-2/h3-17,25,27H,18H2,1-2H3/b15-8+. The first-order chi connectivity index (χ1) is 15.1. The van der Waals surface area contributed by atoms with Crippen LogP contribution >= 0.6 is 0 Å². The average Bonchev–Trinajstić information content (AvgIpc) is 2.83. The Morgan fingerprint density at radius 3 is 2.19 bits per heavy atom. The topological polar surface area (TPSA) is 64.6 Å². The Morgan fingerprint density at radius 1 is 0.903 bits per heavy atom. The zero-order valence-corrected chi connectivity index (χ0v) is 17.6. The SMILES string of the molecule is COC(=O)c1ccc(NC(CC(=O)/C=C/c2ccc(OC)cc2)c2ccccc2)cc1. The van der Waals surface area contributed by atoms with Gasteiger partial charge in [-0.2, -0.15) is 0 Å². The van der Waals surface area contributed by atoms with Gasteiger partial charge in [0.05, 0.1) is 25.8 Å². The van der Waals surface area contributed by atoms with Crippen molar-refractivity contribution in [2.75, 3.05) is 19.5 Å². The van der Waals surface area contributed by atoms with E-state index in [9.17, 15) is 9.59 Å². The molecule has 0 saturated heterocycles. The van der Waals surface area contributed by atoms with Gasteiger partial charge in [0.15, 0.2) is 5.78 Å². The van der Waals surface area contributed by atoms with E-state index in [0.717, 1.165) is 22.6 Å². The van der Waals surface area contributed by atoms with Crippen LogP contribution in [0.3, 0.4) is 0 Å². The molecule has 31 heavy (non-hydrogen) atoms. The molecule has 0 spiro atoms. The number of hydrogen-bond donors (Lipinski definition) is 1. The molecule has 5 heteroatoms. The lowest BCUT2D eigenvalue weighted by Crippen LogP contribution is -2.14. The number of ether oxygens (including phenoxy) is 2. The van der Waals surface area contributed by atoms with E-state index in [2.05, 4.69) is 5.32 Å². The van der Waals surface area contributed by atoms with E-state index >= 15 is 0 Å². The number of carbonyl (C=O) groups excluding carboxylic acids is 2. The van der Waals surface area contributed by atoms with Crippen LogP contribution in [-0.4, -0.2) is 26.0 Å². The molecule has 5 nitrogen and oxygen atoms in total. The van der Waals surface area contributed by atoms with Gasteiger partial charge in [-0.1, -0.05) is 48.5 Å². The van der Waals surface area contributed by atoms with Crippen molar-refractivity contribution in [3.05, 3.63) is 102 Å². The maximum Gasteiger partial charge on any atom is 0.337 e. The number of rotatable bonds is 9. The number of anilines is 1. The normalized spacial score (nSPS) is 11.7. The monoisotopic (exact) mass is 415 g/mol. The van der Waals surface area contributed by atoms with Crippen molar-refractivity contribution in [1.82, 2.24) is 0 Å². The van der Waals surface area contributed by atoms with Crippen LogP contribution in [0, 0.1) is 0 Å². The van der Waals surface area contributed by atoms with Gasteiger partial charge in [0.1, 0.15) is 5.75 Å². The van der Waals surface area contributed by atoms with Crippen molar-refractivity contribution in [3.63, 3.8) is 0 Å². The highest BCUT2D eigenvalue weighted by atomic mass is 16.5. The summed E-state index contributed by atoms with van der Waals surface area (Å²) in [6.45, 7) is 0. The van der Waals surface area contributed by atoms with Crippen LogP contribution in [0.15, 0.2) is 84.9 Å². The smallest absolute Gasteiger partial charge is 0.337 e. The molecule has 0 aliphatic rings. The molecule has 0 aromatic heterocycles. The molecule has 0 saturated carbocycles. The minimum Gasteiger partial charge on any atom is -0.497 e. The molecule has 0 amide bonds. The molecule has 0 aliphatic carbocycles. The van der Waals surface area contributed by atoms with Crippen molar-refractivity contribution in [2.45, 2.75) is 12.5 Å². The molecule has 3 aromatic rings. The molecule has 3 aromatic carbocycles. The van der Waals surface area contributed by atoms with E-state index in [4.69, 9.17) is 9.47 Å². The van der Waals surface area contributed by atoms with Crippen LogP contribution in [0.2, 0.25) is 0 Å². The number of allylic oxidation sites excluding steroid dienone is 1. The highest BCUT2D eigenvalue weighted by molar-refractivity contribution is 5.94. The Balaban J connectivity index is 1.72. The van der Waals surface area contributed by atoms with Gasteiger partial charge in [-0.05, 0) is 53.6 Å². The molecule has 0 radical (unpaired) electrons. The number of carbonyl (C=O) groups is 2. The summed E-state index contributed by atoms with van der Waals surface area (Å²) >= 11 is 0. The van der Waals surface area contributed by atoms with Crippen molar-refractivity contribution >= 4 is 23.5 Å². The number of methoxy groups -OCH3 is 2. The third-order valence-corrected chi connectivity index (χ3v) is 4.83. The van der Waals surface area contributed by atoms with Gasteiger partial charge in [-0.25, -0.2) is 4.79 Å². The van der Waals surface area contributed by atoms with Gasteiger partial charge in [0.25, 0.3) is 0 Å². The number of benzene rings is 3. The fourth-order valence-corrected chi connectivity index (χ4v) is 3.13. The maximum atomic E-state index is 12.7. The van der Waals surface area contributed by atoms with Crippen molar-refractivity contribution in [3.8, 4) is 5.75 Å². The second-order valence-electron chi connectivity index (χ2n) is 6.95. The van der Waals surface area contributed by atoms with E-state index in [1.165, 1.54) is 7.11 Å². The first-order valence-electron chi connectivity index (χ1n) is 9.94. The average molecular weight is 415 g/mol. The van der Waals surface area contributed by atoms with Crippen LogP contribution in [-0.2, 0) is 9.53 Å². The summed E-state index contributed by atoms with van der Waals surface area (Å²) < 4.78 is 9.89. The largest absolute Gasteiger partial charge is 0.497 e. The van der Waals surface area contributed by atoms with Crippen LogP contribution in [0.4, 0.5) is 5.69 Å². The summed E-state index contributed by atoms with van der Waals surface area (Å²) in [6.07, 6.45) is 3.68. The summed E-state index contributed by atoms with van der Waals surface area (Å²) in [6, 6.07) is 24.1. The minimum atomic E-state index is -0.384. The zero-order chi connectivity index (χ0) is 22.1. The van der Waals surface area contributed by atoms with Crippen molar-refractivity contribution in [2.24, 2.45) is 0 Å². The summed E-state index contributed by atoms with van der Waals surface area (Å²) in [5.41, 5.74) is 3.22. The third-order valence-electron chi connectivity index (χ3n) is 4.83. The molecule has 0 fully saturated rings. The van der Waals surface area contributed by atoms with E-state index in [-0.39, 0.29) is 24.2 Å². The van der Waals surface area contributed by atoms with Crippen LogP contribution < -0.4 is 10.1 Å². The van der Waals surface area contributed by atoms with Gasteiger partial charge < -0.3 is 14.8 Å². The highest BCUT2D eigenvalue weighted by Gasteiger charge is 2.15. The van der Waals surface area contributed by atoms with Gasteiger partial charge in [-0.15, -0.1) is 0 Å². The Labute approximate surface area is 182 Å². The lowest BCUT2D eigenvalue weighted by Gasteiger charge is -2.19. The second kappa shape index (κ2) is 10.8. The molecule has 1 atom stereocenters. The number of esters is 1. The van der Waals surface area contributed by atoms with Gasteiger partial charge in [-0.3, -0.25) is 4.79 Å². The Bertz CT molecular complexity index is 1030. The Hall–Kier alpha value is -3.86. The predicted molar refractivity (Wildman–Crippen MR) is 122 cm³/mol. The Morgan fingerprint density at radius 2 is 1.58 bits per heavy atom. The molecule has 158 valence electrons. The molecular formula is C26H25NO4.